The summed E-state index contributed by atoms with van der Waals surface area (Å²) in [5.41, 5.74) is -3.25. The SMILES string of the molecule is C/C=C/CC(O)(Cc1cccc(OC)c1)[C@@H](O)[C@@](O)(Cc1cccc(OC)c1)[C@H](O)[C@@H](O)CO. The lowest BCUT2D eigenvalue weighted by Gasteiger charge is -2.46. The molecule has 0 aromatic heterocycles. The number of ether oxygens (including phenoxy) is 2. The van der Waals surface area contributed by atoms with Crippen molar-refractivity contribution in [2.75, 3.05) is 20.8 Å². The van der Waals surface area contributed by atoms with Crippen molar-refractivity contribution in [2.45, 2.75) is 55.7 Å². The molecule has 5 atom stereocenters. The topological polar surface area (TPSA) is 140 Å². The van der Waals surface area contributed by atoms with Gasteiger partial charge in [0.05, 0.1) is 20.8 Å². The standard InChI is InChI=1S/C26H36O8/c1-4-5-12-25(31,15-18-8-6-10-20(13-18)33-2)24(30)26(32,23(29)22(28)17-27)16-19-9-7-11-21(14-19)34-3/h4-11,13-14,22-24,27-32H,12,15-17H2,1-3H3/b5-4+/t22-,23+,24+,25?,26+/m0/s1. The van der Waals surface area contributed by atoms with Crippen molar-refractivity contribution >= 4 is 0 Å². The van der Waals surface area contributed by atoms with Gasteiger partial charge in [-0.2, -0.15) is 0 Å². The number of methoxy groups -OCH3 is 2. The van der Waals surface area contributed by atoms with E-state index in [-0.39, 0.29) is 19.3 Å². The highest BCUT2D eigenvalue weighted by Gasteiger charge is 2.54. The first-order valence-corrected chi connectivity index (χ1v) is 11.1. The van der Waals surface area contributed by atoms with Crippen LogP contribution in [0.15, 0.2) is 60.7 Å². The van der Waals surface area contributed by atoms with Gasteiger partial charge >= 0.3 is 0 Å². The summed E-state index contributed by atoms with van der Waals surface area (Å²) < 4.78 is 10.5. The maximum absolute atomic E-state index is 11.7. The zero-order valence-electron chi connectivity index (χ0n) is 19.8. The van der Waals surface area contributed by atoms with Crippen molar-refractivity contribution in [3.8, 4) is 11.5 Å². The Balaban J connectivity index is 2.54. The molecule has 0 saturated carbocycles. The highest BCUT2D eigenvalue weighted by molar-refractivity contribution is 5.32. The summed E-state index contributed by atoms with van der Waals surface area (Å²) in [6.45, 7) is 0.905. The Bertz CT molecular complexity index is 933. The molecule has 0 bridgehead atoms. The van der Waals surface area contributed by atoms with Crippen LogP contribution in [0.1, 0.15) is 24.5 Å². The highest BCUT2D eigenvalue weighted by atomic mass is 16.5. The molecule has 2 rings (SSSR count). The molecule has 0 amide bonds. The summed E-state index contributed by atoms with van der Waals surface area (Å²) in [5.74, 6) is 1.05. The molecule has 8 heteroatoms. The quantitative estimate of drug-likeness (QED) is 0.235. The zero-order chi connectivity index (χ0) is 25.4. The van der Waals surface area contributed by atoms with Gasteiger partial charge in [0.15, 0.2) is 0 Å². The second-order valence-corrected chi connectivity index (χ2v) is 8.52. The average molecular weight is 477 g/mol. The molecular formula is C26H36O8. The predicted octanol–water partition coefficient (Wildman–Crippen LogP) is 0.992. The molecule has 6 N–H and O–H groups in total. The largest absolute Gasteiger partial charge is 0.497 e. The smallest absolute Gasteiger partial charge is 0.126 e. The summed E-state index contributed by atoms with van der Waals surface area (Å²) in [6.07, 6.45) is -2.78. The molecule has 8 nitrogen and oxygen atoms in total. The predicted molar refractivity (Wildman–Crippen MR) is 128 cm³/mol. The number of rotatable bonds is 13. The lowest BCUT2D eigenvalue weighted by Crippen LogP contribution is -2.66. The van der Waals surface area contributed by atoms with Crippen LogP contribution in [0.5, 0.6) is 11.5 Å². The number of aliphatic hydroxyl groups excluding tert-OH is 4. The van der Waals surface area contributed by atoms with Gasteiger partial charge in [-0.05, 0) is 48.7 Å². The third-order valence-corrected chi connectivity index (χ3v) is 6.02. The molecule has 188 valence electrons. The highest BCUT2D eigenvalue weighted by Crippen LogP contribution is 2.35. The second kappa shape index (κ2) is 12.3. The van der Waals surface area contributed by atoms with Gasteiger partial charge < -0.3 is 40.1 Å². The maximum Gasteiger partial charge on any atom is 0.126 e. The molecule has 0 aliphatic heterocycles. The van der Waals surface area contributed by atoms with Crippen molar-refractivity contribution in [3.63, 3.8) is 0 Å². The van der Waals surface area contributed by atoms with Crippen LogP contribution in [0, 0.1) is 0 Å². The fraction of sp³-hybridized carbons (Fsp3) is 0.462. The fourth-order valence-electron chi connectivity index (χ4n) is 4.11. The number of benzene rings is 2. The molecule has 2 aromatic carbocycles. The first-order valence-electron chi connectivity index (χ1n) is 11.1. The lowest BCUT2D eigenvalue weighted by atomic mass is 9.71. The zero-order valence-corrected chi connectivity index (χ0v) is 19.8. The van der Waals surface area contributed by atoms with E-state index >= 15 is 0 Å². The summed E-state index contributed by atoms with van der Waals surface area (Å²) in [4.78, 5) is 0. The minimum atomic E-state index is -2.43. The molecule has 0 saturated heterocycles. The molecule has 2 aromatic rings. The van der Waals surface area contributed by atoms with Gasteiger partial charge in [0.25, 0.3) is 0 Å². The second-order valence-electron chi connectivity index (χ2n) is 8.52. The van der Waals surface area contributed by atoms with Crippen LogP contribution in [-0.4, -0.2) is 81.0 Å². The van der Waals surface area contributed by atoms with Crippen molar-refractivity contribution in [3.05, 3.63) is 71.8 Å². The summed E-state index contributed by atoms with van der Waals surface area (Å²) in [7, 11) is 2.99. The van der Waals surface area contributed by atoms with Crippen LogP contribution in [0.3, 0.4) is 0 Å². The van der Waals surface area contributed by atoms with Crippen LogP contribution < -0.4 is 9.47 Å². The molecule has 0 spiro atoms. The van der Waals surface area contributed by atoms with Crippen LogP contribution in [0.2, 0.25) is 0 Å². The normalized spacial score (nSPS) is 18.0. The minimum absolute atomic E-state index is 0.0514. The minimum Gasteiger partial charge on any atom is -0.497 e. The van der Waals surface area contributed by atoms with Crippen molar-refractivity contribution < 1.29 is 40.1 Å². The summed E-state index contributed by atoms with van der Waals surface area (Å²) in [5, 5.41) is 65.2. The Hall–Kier alpha value is -2.46. The van der Waals surface area contributed by atoms with E-state index in [2.05, 4.69) is 0 Å². The monoisotopic (exact) mass is 476 g/mol. The van der Waals surface area contributed by atoms with Gasteiger partial charge in [-0.15, -0.1) is 0 Å². The van der Waals surface area contributed by atoms with E-state index in [0.717, 1.165) is 0 Å². The van der Waals surface area contributed by atoms with Gasteiger partial charge in [0.1, 0.15) is 41.0 Å². The van der Waals surface area contributed by atoms with E-state index < -0.39 is 36.1 Å². The molecule has 0 heterocycles. The lowest BCUT2D eigenvalue weighted by molar-refractivity contribution is -0.228. The Kier molecular flexibility index (Phi) is 10.1. The van der Waals surface area contributed by atoms with E-state index in [1.165, 1.54) is 14.2 Å². The number of aliphatic hydroxyl groups is 6. The van der Waals surface area contributed by atoms with Gasteiger partial charge in [0, 0.05) is 12.8 Å². The first kappa shape index (κ1) is 27.8. The number of hydrogen-bond donors (Lipinski definition) is 6. The molecule has 0 aliphatic rings. The van der Waals surface area contributed by atoms with E-state index in [9.17, 15) is 30.6 Å². The fourth-order valence-corrected chi connectivity index (χ4v) is 4.11. The molecule has 34 heavy (non-hydrogen) atoms. The Morgan fingerprint density at radius 3 is 1.88 bits per heavy atom. The van der Waals surface area contributed by atoms with Crippen molar-refractivity contribution in [1.82, 2.24) is 0 Å². The molecule has 0 radical (unpaired) electrons. The van der Waals surface area contributed by atoms with Crippen LogP contribution in [-0.2, 0) is 12.8 Å². The van der Waals surface area contributed by atoms with Crippen LogP contribution in [0.4, 0.5) is 0 Å². The third kappa shape index (κ3) is 6.56. The maximum atomic E-state index is 11.7. The van der Waals surface area contributed by atoms with Gasteiger partial charge in [-0.3, -0.25) is 0 Å². The molecule has 1 unspecified atom stereocenters. The van der Waals surface area contributed by atoms with Crippen LogP contribution in [0.25, 0.3) is 0 Å². The first-order chi connectivity index (χ1) is 16.1. The van der Waals surface area contributed by atoms with E-state index in [1.807, 2.05) is 0 Å². The Morgan fingerprint density at radius 1 is 0.882 bits per heavy atom. The Labute approximate surface area is 200 Å². The van der Waals surface area contributed by atoms with Gasteiger partial charge in [-0.1, -0.05) is 36.4 Å². The Morgan fingerprint density at radius 2 is 1.41 bits per heavy atom. The molecule has 0 fully saturated rings. The molecule has 0 aliphatic carbocycles. The van der Waals surface area contributed by atoms with Gasteiger partial charge in [0.2, 0.25) is 0 Å². The van der Waals surface area contributed by atoms with Gasteiger partial charge in [-0.25, -0.2) is 0 Å². The van der Waals surface area contributed by atoms with Crippen molar-refractivity contribution in [1.29, 1.82) is 0 Å². The summed E-state index contributed by atoms with van der Waals surface area (Å²) >= 11 is 0. The third-order valence-electron chi connectivity index (χ3n) is 6.02. The van der Waals surface area contributed by atoms with Crippen molar-refractivity contribution in [2.24, 2.45) is 0 Å². The van der Waals surface area contributed by atoms with Crippen LogP contribution >= 0.6 is 0 Å². The number of allylic oxidation sites excluding steroid dienone is 1. The van der Waals surface area contributed by atoms with E-state index in [0.29, 0.717) is 22.6 Å². The number of hydrogen-bond acceptors (Lipinski definition) is 8. The average Bonchev–Trinajstić information content (AvgIpc) is 2.86. The van der Waals surface area contributed by atoms with E-state index in [1.54, 1.807) is 67.6 Å². The summed E-state index contributed by atoms with van der Waals surface area (Å²) in [6, 6.07) is 13.6. The molecular weight excluding hydrogens is 440 g/mol. The van der Waals surface area contributed by atoms with E-state index in [4.69, 9.17) is 9.47 Å².